The molecule has 0 aromatic heterocycles. The van der Waals surface area contributed by atoms with E-state index in [0.29, 0.717) is 4.83 Å². The van der Waals surface area contributed by atoms with Crippen molar-refractivity contribution >= 4 is 21.6 Å². The van der Waals surface area contributed by atoms with Crippen molar-refractivity contribution in [3.63, 3.8) is 0 Å². The van der Waals surface area contributed by atoms with Crippen LogP contribution < -0.4 is 9.64 Å². The molecule has 3 heteroatoms. The number of halogens is 1. The van der Waals surface area contributed by atoms with Crippen molar-refractivity contribution in [2.24, 2.45) is 0 Å². The van der Waals surface area contributed by atoms with Crippen LogP contribution in [0.25, 0.3) is 0 Å². The Balaban J connectivity index is 2.13. The summed E-state index contributed by atoms with van der Waals surface area (Å²) in [5.41, 5.74) is 1.24. The third-order valence-electron chi connectivity index (χ3n) is 2.93. The Hall–Kier alpha value is -0.700. The zero-order valence-electron chi connectivity index (χ0n) is 9.66. The molecule has 88 valence electrons. The van der Waals surface area contributed by atoms with Crippen molar-refractivity contribution in [2.75, 3.05) is 24.6 Å². The van der Waals surface area contributed by atoms with Crippen LogP contribution in [0.15, 0.2) is 24.3 Å². The first-order chi connectivity index (χ1) is 7.81. The third kappa shape index (κ3) is 2.70. The van der Waals surface area contributed by atoms with E-state index >= 15 is 0 Å². The van der Waals surface area contributed by atoms with Gasteiger partial charge in [-0.05, 0) is 31.9 Å². The molecule has 0 spiro atoms. The smallest absolute Gasteiger partial charge is 0.142 e. The van der Waals surface area contributed by atoms with Gasteiger partial charge in [0.25, 0.3) is 0 Å². The summed E-state index contributed by atoms with van der Waals surface area (Å²) in [6.45, 7) is 4.98. The Morgan fingerprint density at radius 2 is 2.00 bits per heavy atom. The van der Waals surface area contributed by atoms with E-state index < -0.39 is 0 Å². The molecule has 0 bridgehead atoms. The lowest BCUT2D eigenvalue weighted by molar-refractivity contribution is 0.339. The van der Waals surface area contributed by atoms with Gasteiger partial charge in [-0.2, -0.15) is 0 Å². The fourth-order valence-corrected chi connectivity index (χ4v) is 2.49. The highest BCUT2D eigenvalue weighted by Gasteiger charge is 2.19. The Morgan fingerprint density at radius 1 is 1.31 bits per heavy atom. The van der Waals surface area contributed by atoms with Crippen LogP contribution in [0.2, 0.25) is 0 Å². The minimum Gasteiger partial charge on any atom is -0.492 e. The average Bonchev–Trinajstić information content (AvgIpc) is 2.32. The van der Waals surface area contributed by atoms with Crippen molar-refractivity contribution in [1.82, 2.24) is 0 Å². The zero-order valence-corrected chi connectivity index (χ0v) is 11.2. The lowest BCUT2D eigenvalue weighted by atomic mass is 10.1. The van der Waals surface area contributed by atoms with E-state index in [9.17, 15) is 0 Å². The Kier molecular flexibility index (Phi) is 4.10. The molecule has 1 aliphatic heterocycles. The molecule has 1 saturated heterocycles. The van der Waals surface area contributed by atoms with Crippen LogP contribution in [0.5, 0.6) is 5.75 Å². The van der Waals surface area contributed by atoms with Crippen molar-refractivity contribution in [2.45, 2.75) is 24.6 Å². The minimum atomic E-state index is 0.683. The average molecular weight is 284 g/mol. The summed E-state index contributed by atoms with van der Waals surface area (Å²) in [6.07, 6.45) is 2.42. The number of piperidine rings is 1. The molecule has 0 radical (unpaired) electrons. The summed E-state index contributed by atoms with van der Waals surface area (Å²) in [6, 6.07) is 8.32. The van der Waals surface area contributed by atoms with Gasteiger partial charge in [0.05, 0.1) is 12.3 Å². The molecule has 0 N–H and O–H groups in total. The molecule has 0 aliphatic carbocycles. The van der Waals surface area contributed by atoms with Gasteiger partial charge >= 0.3 is 0 Å². The van der Waals surface area contributed by atoms with Gasteiger partial charge in [-0.3, -0.25) is 0 Å². The fraction of sp³-hybridized carbons (Fsp3) is 0.538. The molecule has 2 rings (SSSR count). The zero-order chi connectivity index (χ0) is 11.4. The predicted molar refractivity (Wildman–Crippen MR) is 71.8 cm³/mol. The molecule has 1 aliphatic rings. The molecule has 16 heavy (non-hydrogen) atoms. The first-order valence-corrected chi connectivity index (χ1v) is 6.83. The topological polar surface area (TPSA) is 12.5 Å². The standard InChI is InChI=1S/C13H18BrNO/c1-2-16-13-6-4-3-5-12(13)15-9-7-11(14)8-10-15/h3-6,11H,2,7-10H2,1H3. The summed E-state index contributed by atoms with van der Waals surface area (Å²) in [4.78, 5) is 3.10. The Labute approximate surface area is 106 Å². The highest BCUT2D eigenvalue weighted by molar-refractivity contribution is 9.09. The number of rotatable bonds is 3. The lowest BCUT2D eigenvalue weighted by Crippen LogP contribution is -2.34. The van der Waals surface area contributed by atoms with Crippen LogP contribution in [0, 0.1) is 0 Å². The summed E-state index contributed by atoms with van der Waals surface area (Å²) in [5, 5.41) is 0. The summed E-state index contributed by atoms with van der Waals surface area (Å²) >= 11 is 3.68. The summed E-state index contributed by atoms with van der Waals surface area (Å²) in [5.74, 6) is 1.01. The normalized spacial score (nSPS) is 17.5. The lowest BCUT2D eigenvalue weighted by Gasteiger charge is -2.32. The van der Waals surface area contributed by atoms with Crippen LogP contribution in [-0.4, -0.2) is 24.5 Å². The maximum atomic E-state index is 5.66. The number of anilines is 1. The molecule has 1 heterocycles. The monoisotopic (exact) mass is 283 g/mol. The predicted octanol–water partition coefficient (Wildman–Crippen LogP) is 3.45. The van der Waals surface area contributed by atoms with Crippen LogP contribution in [0.1, 0.15) is 19.8 Å². The van der Waals surface area contributed by atoms with Crippen LogP contribution >= 0.6 is 15.9 Å². The van der Waals surface area contributed by atoms with E-state index in [1.165, 1.54) is 18.5 Å². The number of ether oxygens (including phenoxy) is 1. The maximum Gasteiger partial charge on any atom is 0.142 e. The molecule has 0 atom stereocenters. The number of hydrogen-bond acceptors (Lipinski definition) is 2. The molecular weight excluding hydrogens is 266 g/mol. The van der Waals surface area contributed by atoms with Crippen molar-refractivity contribution < 1.29 is 4.74 Å². The highest BCUT2D eigenvalue weighted by Crippen LogP contribution is 2.31. The van der Waals surface area contributed by atoms with Crippen LogP contribution in [0.3, 0.4) is 0 Å². The van der Waals surface area contributed by atoms with Crippen LogP contribution in [0.4, 0.5) is 5.69 Å². The van der Waals surface area contributed by atoms with Gasteiger partial charge in [-0.1, -0.05) is 28.1 Å². The quantitative estimate of drug-likeness (QED) is 0.788. The minimum absolute atomic E-state index is 0.683. The van der Waals surface area contributed by atoms with Crippen LogP contribution in [-0.2, 0) is 0 Å². The van der Waals surface area contributed by atoms with Crippen molar-refractivity contribution in [3.05, 3.63) is 24.3 Å². The summed E-state index contributed by atoms with van der Waals surface area (Å²) < 4.78 is 5.66. The number of nitrogens with zero attached hydrogens (tertiary/aromatic N) is 1. The Morgan fingerprint density at radius 3 is 2.69 bits per heavy atom. The second-order valence-electron chi connectivity index (χ2n) is 4.06. The van der Waals surface area contributed by atoms with Gasteiger partial charge < -0.3 is 9.64 Å². The second kappa shape index (κ2) is 5.58. The van der Waals surface area contributed by atoms with E-state index in [1.54, 1.807) is 0 Å². The molecule has 0 amide bonds. The van der Waals surface area contributed by atoms with E-state index in [0.717, 1.165) is 25.4 Å². The van der Waals surface area contributed by atoms with E-state index in [1.807, 2.05) is 13.0 Å². The van der Waals surface area contributed by atoms with Gasteiger partial charge in [0.15, 0.2) is 0 Å². The van der Waals surface area contributed by atoms with Gasteiger partial charge in [-0.25, -0.2) is 0 Å². The van der Waals surface area contributed by atoms with Gasteiger partial charge in [-0.15, -0.1) is 0 Å². The molecule has 0 saturated carbocycles. The third-order valence-corrected chi connectivity index (χ3v) is 3.85. The number of alkyl halides is 1. The SMILES string of the molecule is CCOc1ccccc1N1CCC(Br)CC1. The number of hydrogen-bond donors (Lipinski definition) is 0. The molecular formula is C13H18BrNO. The number of para-hydroxylation sites is 2. The molecule has 1 fully saturated rings. The molecule has 1 aromatic carbocycles. The molecule has 2 nitrogen and oxygen atoms in total. The van der Waals surface area contributed by atoms with Crippen molar-refractivity contribution in [3.8, 4) is 5.75 Å². The first-order valence-electron chi connectivity index (χ1n) is 5.92. The molecule has 0 unspecified atom stereocenters. The second-order valence-corrected chi connectivity index (χ2v) is 5.36. The Bertz CT molecular complexity index is 334. The summed E-state index contributed by atoms with van der Waals surface area (Å²) in [7, 11) is 0. The fourth-order valence-electron chi connectivity index (χ4n) is 2.08. The van der Waals surface area contributed by atoms with E-state index in [2.05, 4.69) is 39.0 Å². The maximum absolute atomic E-state index is 5.66. The largest absolute Gasteiger partial charge is 0.492 e. The highest BCUT2D eigenvalue weighted by atomic mass is 79.9. The van der Waals surface area contributed by atoms with Crippen molar-refractivity contribution in [1.29, 1.82) is 0 Å². The number of benzene rings is 1. The van der Waals surface area contributed by atoms with Gasteiger partial charge in [0.2, 0.25) is 0 Å². The van der Waals surface area contributed by atoms with Gasteiger partial charge in [0.1, 0.15) is 5.75 Å². The molecule has 1 aromatic rings. The van der Waals surface area contributed by atoms with Gasteiger partial charge in [0, 0.05) is 17.9 Å². The first kappa shape index (κ1) is 11.8. The van der Waals surface area contributed by atoms with E-state index in [-0.39, 0.29) is 0 Å². The van der Waals surface area contributed by atoms with E-state index in [4.69, 9.17) is 4.74 Å².